The molecule has 0 spiro atoms. The van der Waals surface area contributed by atoms with Crippen LogP contribution in [0.4, 0.5) is 11.5 Å². The van der Waals surface area contributed by atoms with Gasteiger partial charge in [0.2, 0.25) is 5.89 Å². The van der Waals surface area contributed by atoms with Crippen LogP contribution < -0.4 is 10.5 Å². The molecule has 8 heteroatoms. The Morgan fingerprint density at radius 3 is 2.56 bits per heavy atom. The van der Waals surface area contributed by atoms with Crippen LogP contribution in [-0.4, -0.2) is 26.4 Å². The lowest BCUT2D eigenvalue weighted by Gasteiger charge is -2.07. The summed E-state index contributed by atoms with van der Waals surface area (Å²) in [5, 5.41) is 8.18. The fourth-order valence-electron chi connectivity index (χ4n) is 2.57. The number of nitrogens with one attached hydrogen (secondary N) is 1. The van der Waals surface area contributed by atoms with Crippen molar-refractivity contribution in [3.8, 4) is 34.3 Å². The average molecular weight is 376 g/mol. The van der Waals surface area contributed by atoms with Gasteiger partial charge >= 0.3 is 0 Å². The third-order valence-electron chi connectivity index (χ3n) is 3.83. The minimum Gasteiger partial charge on any atom is -0.414 e. The molecule has 3 N–H and O–H groups in total. The molecule has 0 unspecified atom stereocenters. The molecule has 2 aromatic heterocycles. The predicted molar refractivity (Wildman–Crippen MR) is 108 cm³/mol. The van der Waals surface area contributed by atoms with Crippen molar-refractivity contribution in [3.63, 3.8) is 0 Å². The second-order valence-corrected chi connectivity index (χ2v) is 6.27. The Morgan fingerprint density at radius 1 is 0.963 bits per heavy atom. The van der Waals surface area contributed by atoms with Crippen LogP contribution in [0.1, 0.15) is 0 Å². The van der Waals surface area contributed by atoms with Crippen LogP contribution in [0.5, 0.6) is 0 Å². The van der Waals surface area contributed by atoms with E-state index in [1.165, 1.54) is 11.9 Å². The van der Waals surface area contributed by atoms with Gasteiger partial charge in [-0.05, 0) is 24.3 Å². The lowest BCUT2D eigenvalue weighted by atomic mass is 10.1. The molecule has 0 fully saturated rings. The standard InChI is InChI=1S/C19H16N6OS/c1-27-25-14-9-5-8-13(10-14)15-11-21-17(20)16(22-15)19-24-23-18(26-19)12-6-3-2-4-7-12/h2-11,25H,1H3,(H2,20,21). The van der Waals surface area contributed by atoms with E-state index in [-0.39, 0.29) is 11.7 Å². The molecule has 2 heterocycles. The van der Waals surface area contributed by atoms with Crippen LogP contribution in [0.3, 0.4) is 0 Å². The van der Waals surface area contributed by atoms with Gasteiger partial charge in [0.05, 0.1) is 11.9 Å². The Hall–Kier alpha value is -3.39. The summed E-state index contributed by atoms with van der Waals surface area (Å²) < 4.78 is 8.97. The summed E-state index contributed by atoms with van der Waals surface area (Å²) in [6, 6.07) is 17.4. The summed E-state index contributed by atoms with van der Waals surface area (Å²) in [7, 11) is 0. The number of nitrogens with two attached hydrogens (primary N) is 1. The van der Waals surface area contributed by atoms with E-state index in [1.54, 1.807) is 6.20 Å². The second kappa shape index (κ2) is 7.46. The zero-order chi connectivity index (χ0) is 18.6. The van der Waals surface area contributed by atoms with Crippen molar-refractivity contribution in [3.05, 3.63) is 60.8 Å². The Kier molecular flexibility index (Phi) is 4.71. The number of hydrogen-bond acceptors (Lipinski definition) is 8. The van der Waals surface area contributed by atoms with Crippen molar-refractivity contribution in [2.45, 2.75) is 0 Å². The largest absolute Gasteiger partial charge is 0.414 e. The predicted octanol–water partition coefficient (Wildman–Crippen LogP) is 4.13. The molecule has 0 aliphatic heterocycles. The summed E-state index contributed by atoms with van der Waals surface area (Å²) in [5.74, 6) is 0.878. The third kappa shape index (κ3) is 3.61. The maximum atomic E-state index is 6.01. The molecule has 2 aromatic carbocycles. The van der Waals surface area contributed by atoms with Crippen molar-refractivity contribution in [2.75, 3.05) is 16.7 Å². The molecule has 0 aliphatic rings. The van der Waals surface area contributed by atoms with Crippen molar-refractivity contribution < 1.29 is 4.42 Å². The SMILES string of the molecule is CSNc1cccc(-c2cnc(N)c(-c3nnc(-c4ccccc4)o3)n2)c1. The first-order valence-electron chi connectivity index (χ1n) is 8.16. The number of rotatable bonds is 5. The van der Waals surface area contributed by atoms with Crippen molar-refractivity contribution in [2.24, 2.45) is 0 Å². The van der Waals surface area contributed by atoms with Crippen LogP contribution in [0.2, 0.25) is 0 Å². The van der Waals surface area contributed by atoms with Crippen molar-refractivity contribution >= 4 is 23.5 Å². The second-order valence-electron chi connectivity index (χ2n) is 5.65. The molecule has 0 saturated carbocycles. The number of aromatic nitrogens is 4. The molecule has 0 amide bonds. The quantitative estimate of drug-likeness (QED) is 0.501. The molecule has 27 heavy (non-hydrogen) atoms. The van der Waals surface area contributed by atoms with Gasteiger partial charge in [0.25, 0.3) is 5.89 Å². The van der Waals surface area contributed by atoms with E-state index >= 15 is 0 Å². The monoisotopic (exact) mass is 376 g/mol. The molecule has 0 aliphatic carbocycles. The number of benzene rings is 2. The van der Waals surface area contributed by atoms with E-state index in [4.69, 9.17) is 10.2 Å². The summed E-state index contributed by atoms with van der Waals surface area (Å²) in [6.45, 7) is 0. The van der Waals surface area contributed by atoms with E-state index < -0.39 is 0 Å². The summed E-state index contributed by atoms with van der Waals surface area (Å²) >= 11 is 1.52. The zero-order valence-corrected chi connectivity index (χ0v) is 15.3. The van der Waals surface area contributed by atoms with Gasteiger partial charge in [0.15, 0.2) is 11.5 Å². The van der Waals surface area contributed by atoms with Crippen LogP contribution in [0.25, 0.3) is 34.3 Å². The van der Waals surface area contributed by atoms with Gasteiger partial charge in [-0.2, -0.15) is 0 Å². The highest BCUT2D eigenvalue weighted by Gasteiger charge is 2.16. The van der Waals surface area contributed by atoms with E-state index in [9.17, 15) is 0 Å². The average Bonchev–Trinajstić information content (AvgIpc) is 3.19. The first-order valence-corrected chi connectivity index (χ1v) is 9.38. The van der Waals surface area contributed by atoms with Gasteiger partial charge in [0.1, 0.15) is 0 Å². The minimum absolute atomic E-state index is 0.235. The molecule has 0 saturated heterocycles. The lowest BCUT2D eigenvalue weighted by Crippen LogP contribution is -1.99. The van der Waals surface area contributed by atoms with Crippen LogP contribution >= 0.6 is 11.9 Å². The molecular weight excluding hydrogens is 360 g/mol. The Morgan fingerprint density at radius 2 is 1.74 bits per heavy atom. The Balaban J connectivity index is 1.71. The number of anilines is 2. The first kappa shape index (κ1) is 17.0. The van der Waals surface area contributed by atoms with Crippen molar-refractivity contribution in [1.29, 1.82) is 0 Å². The van der Waals surface area contributed by atoms with Crippen LogP contribution in [-0.2, 0) is 0 Å². The fraction of sp³-hybridized carbons (Fsp3) is 0.0526. The van der Waals surface area contributed by atoms with E-state index in [2.05, 4.69) is 24.9 Å². The van der Waals surface area contributed by atoms with Gasteiger partial charge < -0.3 is 14.9 Å². The molecule has 4 aromatic rings. The molecule has 134 valence electrons. The fourth-order valence-corrected chi connectivity index (χ4v) is 2.93. The topological polar surface area (TPSA) is 103 Å². The van der Waals surface area contributed by atoms with E-state index in [1.807, 2.05) is 60.9 Å². The Bertz CT molecular complexity index is 1070. The highest BCUT2D eigenvalue weighted by atomic mass is 32.2. The van der Waals surface area contributed by atoms with Gasteiger partial charge in [-0.25, -0.2) is 9.97 Å². The molecule has 4 rings (SSSR count). The molecule has 0 bridgehead atoms. The molecule has 7 nitrogen and oxygen atoms in total. The highest BCUT2D eigenvalue weighted by Crippen LogP contribution is 2.28. The number of nitrogens with zero attached hydrogens (tertiary/aromatic N) is 4. The maximum absolute atomic E-state index is 6.01. The maximum Gasteiger partial charge on any atom is 0.270 e. The Labute approximate surface area is 160 Å². The van der Waals surface area contributed by atoms with Gasteiger partial charge in [0, 0.05) is 23.1 Å². The molecule has 0 radical (unpaired) electrons. The first-order chi connectivity index (χ1) is 13.2. The summed E-state index contributed by atoms with van der Waals surface area (Å²) in [4.78, 5) is 8.85. The van der Waals surface area contributed by atoms with Gasteiger partial charge in [-0.1, -0.05) is 42.3 Å². The number of hydrogen-bond donors (Lipinski definition) is 2. The van der Waals surface area contributed by atoms with Crippen molar-refractivity contribution in [1.82, 2.24) is 20.2 Å². The summed E-state index contributed by atoms with van der Waals surface area (Å²) in [5.41, 5.74) is 9.76. The van der Waals surface area contributed by atoms with Crippen LogP contribution in [0.15, 0.2) is 65.2 Å². The van der Waals surface area contributed by atoms with E-state index in [0.29, 0.717) is 17.3 Å². The molecule has 0 atom stereocenters. The smallest absolute Gasteiger partial charge is 0.270 e. The normalized spacial score (nSPS) is 10.7. The zero-order valence-electron chi connectivity index (χ0n) is 14.5. The van der Waals surface area contributed by atoms with Gasteiger partial charge in [-0.3, -0.25) is 0 Å². The van der Waals surface area contributed by atoms with Crippen LogP contribution in [0, 0.1) is 0 Å². The minimum atomic E-state index is 0.235. The summed E-state index contributed by atoms with van der Waals surface area (Å²) in [6.07, 6.45) is 3.60. The highest BCUT2D eigenvalue weighted by molar-refractivity contribution is 7.99. The van der Waals surface area contributed by atoms with Gasteiger partial charge in [-0.15, -0.1) is 10.2 Å². The number of nitrogen functional groups attached to an aromatic ring is 1. The molecular formula is C19H16N6OS. The lowest BCUT2D eigenvalue weighted by molar-refractivity contribution is 0.582. The third-order valence-corrected chi connectivity index (χ3v) is 4.27. The van der Waals surface area contributed by atoms with E-state index in [0.717, 1.165) is 16.8 Å².